The summed E-state index contributed by atoms with van der Waals surface area (Å²) in [5.41, 5.74) is 1.60. The summed E-state index contributed by atoms with van der Waals surface area (Å²) in [6, 6.07) is 3.94. The van der Waals surface area contributed by atoms with Crippen molar-refractivity contribution in [3.63, 3.8) is 0 Å². The lowest BCUT2D eigenvalue weighted by Gasteiger charge is -2.37. The largest absolute Gasteiger partial charge is 0.384 e. The average molecular weight is 386 g/mol. The predicted molar refractivity (Wildman–Crippen MR) is 111 cm³/mol. The Balaban J connectivity index is 1.59. The van der Waals surface area contributed by atoms with Gasteiger partial charge in [0.05, 0.1) is 0 Å². The first kappa shape index (κ1) is 19.3. The van der Waals surface area contributed by atoms with Gasteiger partial charge in [-0.1, -0.05) is 0 Å². The van der Waals surface area contributed by atoms with Crippen LogP contribution in [0.25, 0.3) is 11.2 Å². The zero-order valence-corrected chi connectivity index (χ0v) is 17.0. The van der Waals surface area contributed by atoms with Crippen LogP contribution in [-0.2, 0) is 9.47 Å². The van der Waals surface area contributed by atoms with Crippen LogP contribution in [0.1, 0.15) is 25.7 Å². The highest BCUT2D eigenvalue weighted by molar-refractivity contribution is 5.78. The Kier molecular flexibility index (Phi) is 6.22. The highest BCUT2D eigenvalue weighted by Gasteiger charge is 2.28. The number of anilines is 2. The van der Waals surface area contributed by atoms with Gasteiger partial charge in [0.15, 0.2) is 17.3 Å². The van der Waals surface area contributed by atoms with E-state index in [0.29, 0.717) is 11.8 Å². The van der Waals surface area contributed by atoms with E-state index in [-0.39, 0.29) is 0 Å². The number of nitrogens with zero attached hydrogens (tertiary/aromatic N) is 5. The Morgan fingerprint density at radius 2 is 1.39 bits per heavy atom. The van der Waals surface area contributed by atoms with Crippen LogP contribution in [0.4, 0.5) is 11.6 Å². The van der Waals surface area contributed by atoms with Crippen molar-refractivity contribution in [3.05, 3.63) is 18.3 Å². The third-order valence-electron chi connectivity index (χ3n) is 6.04. The van der Waals surface area contributed by atoms with Gasteiger partial charge >= 0.3 is 0 Å². The summed E-state index contributed by atoms with van der Waals surface area (Å²) in [5, 5.41) is 0. The van der Waals surface area contributed by atoms with Crippen molar-refractivity contribution in [1.29, 1.82) is 0 Å². The molecule has 152 valence electrons. The van der Waals surface area contributed by atoms with Gasteiger partial charge in [-0.2, -0.15) is 0 Å². The quantitative estimate of drug-likeness (QED) is 0.757. The van der Waals surface area contributed by atoms with Crippen molar-refractivity contribution >= 4 is 22.8 Å². The molecule has 2 saturated heterocycles. The maximum absolute atomic E-state index is 5.36. The van der Waals surface area contributed by atoms with Crippen LogP contribution >= 0.6 is 0 Å². The van der Waals surface area contributed by atoms with Crippen molar-refractivity contribution in [2.24, 2.45) is 11.8 Å². The van der Waals surface area contributed by atoms with Gasteiger partial charge in [0.25, 0.3) is 0 Å². The summed E-state index contributed by atoms with van der Waals surface area (Å²) in [6.07, 6.45) is 6.32. The standard InChI is InChI=1S/C21H31N5O2/c1-27-14-16-5-10-25(11-6-16)20-21(24-19-18(23-20)4-3-9-22-19)26-12-7-17(8-13-26)15-28-2/h3-4,9,16-17H,5-8,10-15H2,1-2H3. The minimum atomic E-state index is 0.640. The third-order valence-corrected chi connectivity index (χ3v) is 6.04. The summed E-state index contributed by atoms with van der Waals surface area (Å²) >= 11 is 0. The highest BCUT2D eigenvalue weighted by Crippen LogP contribution is 2.33. The molecule has 0 atom stereocenters. The zero-order chi connectivity index (χ0) is 19.3. The van der Waals surface area contributed by atoms with Gasteiger partial charge in [0, 0.05) is 59.8 Å². The molecule has 0 aliphatic carbocycles. The van der Waals surface area contributed by atoms with Gasteiger partial charge < -0.3 is 19.3 Å². The molecule has 0 saturated carbocycles. The molecule has 0 N–H and O–H groups in total. The molecule has 2 aromatic heterocycles. The summed E-state index contributed by atoms with van der Waals surface area (Å²) in [4.78, 5) is 19.2. The van der Waals surface area contributed by atoms with Crippen LogP contribution in [-0.4, -0.2) is 68.6 Å². The van der Waals surface area contributed by atoms with E-state index < -0.39 is 0 Å². The van der Waals surface area contributed by atoms with Gasteiger partial charge in [-0.25, -0.2) is 15.0 Å². The number of hydrogen-bond acceptors (Lipinski definition) is 7. The summed E-state index contributed by atoms with van der Waals surface area (Å²) in [7, 11) is 3.58. The first-order valence-corrected chi connectivity index (χ1v) is 10.4. The molecule has 0 aromatic carbocycles. The lowest BCUT2D eigenvalue weighted by atomic mass is 9.97. The minimum Gasteiger partial charge on any atom is -0.384 e. The van der Waals surface area contributed by atoms with Crippen molar-refractivity contribution in [2.45, 2.75) is 25.7 Å². The fraction of sp³-hybridized carbons (Fsp3) is 0.667. The van der Waals surface area contributed by atoms with Gasteiger partial charge in [0.2, 0.25) is 0 Å². The second-order valence-corrected chi connectivity index (χ2v) is 7.99. The van der Waals surface area contributed by atoms with Crippen molar-refractivity contribution in [3.8, 4) is 0 Å². The number of pyridine rings is 1. The molecule has 2 aliphatic heterocycles. The molecule has 4 rings (SSSR count). The van der Waals surface area contributed by atoms with Crippen molar-refractivity contribution < 1.29 is 9.47 Å². The summed E-state index contributed by atoms with van der Waals surface area (Å²) < 4.78 is 10.7. The maximum Gasteiger partial charge on any atom is 0.180 e. The minimum absolute atomic E-state index is 0.640. The van der Waals surface area contributed by atoms with Crippen LogP contribution in [0.2, 0.25) is 0 Å². The molecular weight excluding hydrogens is 354 g/mol. The predicted octanol–water partition coefficient (Wildman–Crippen LogP) is 2.75. The second kappa shape index (κ2) is 9.01. The Bertz CT molecular complexity index is 706. The van der Waals surface area contributed by atoms with Crippen molar-refractivity contribution in [1.82, 2.24) is 15.0 Å². The first-order valence-electron chi connectivity index (χ1n) is 10.4. The molecular formula is C21H31N5O2. The van der Waals surface area contributed by atoms with Crippen LogP contribution in [0.3, 0.4) is 0 Å². The molecule has 7 heteroatoms. The van der Waals surface area contributed by atoms with E-state index in [9.17, 15) is 0 Å². The lowest BCUT2D eigenvalue weighted by Crippen LogP contribution is -2.40. The Morgan fingerprint density at radius 1 is 0.857 bits per heavy atom. The number of fused-ring (bicyclic) bond motifs is 1. The normalized spacial score (nSPS) is 19.5. The van der Waals surface area contributed by atoms with E-state index in [1.54, 1.807) is 20.4 Å². The summed E-state index contributed by atoms with van der Waals surface area (Å²) in [6.45, 7) is 5.69. The number of methoxy groups -OCH3 is 2. The van der Waals surface area contributed by atoms with E-state index in [4.69, 9.17) is 19.4 Å². The number of rotatable bonds is 6. The number of piperidine rings is 2. The van der Waals surface area contributed by atoms with Crippen LogP contribution < -0.4 is 9.80 Å². The summed E-state index contributed by atoms with van der Waals surface area (Å²) in [5.74, 6) is 3.29. The van der Waals surface area contributed by atoms with Gasteiger partial charge in [0.1, 0.15) is 5.52 Å². The monoisotopic (exact) mass is 385 g/mol. The average Bonchev–Trinajstić information content (AvgIpc) is 2.74. The highest BCUT2D eigenvalue weighted by atomic mass is 16.5. The fourth-order valence-corrected chi connectivity index (χ4v) is 4.39. The third kappa shape index (κ3) is 4.20. The molecule has 7 nitrogen and oxygen atoms in total. The fourth-order valence-electron chi connectivity index (χ4n) is 4.39. The van der Waals surface area contributed by atoms with E-state index in [1.807, 2.05) is 12.1 Å². The second-order valence-electron chi connectivity index (χ2n) is 7.99. The number of ether oxygens (including phenoxy) is 2. The van der Waals surface area contributed by atoms with Crippen molar-refractivity contribution in [2.75, 3.05) is 63.4 Å². The molecule has 4 heterocycles. The zero-order valence-electron chi connectivity index (χ0n) is 17.0. The molecule has 0 unspecified atom stereocenters. The Hall–Kier alpha value is -1.99. The molecule has 2 aliphatic rings. The smallest absolute Gasteiger partial charge is 0.180 e. The molecule has 0 radical (unpaired) electrons. The maximum atomic E-state index is 5.36. The van der Waals surface area contributed by atoms with Crippen LogP contribution in [0, 0.1) is 11.8 Å². The topological polar surface area (TPSA) is 63.6 Å². The molecule has 2 fully saturated rings. The first-order chi connectivity index (χ1) is 13.8. The van der Waals surface area contributed by atoms with Gasteiger partial charge in [-0.3, -0.25) is 0 Å². The molecule has 28 heavy (non-hydrogen) atoms. The molecule has 0 amide bonds. The van der Waals surface area contributed by atoms with Gasteiger partial charge in [-0.05, 0) is 49.7 Å². The molecule has 2 aromatic rings. The van der Waals surface area contributed by atoms with Crippen LogP contribution in [0.15, 0.2) is 18.3 Å². The molecule has 0 spiro atoms. The van der Waals surface area contributed by atoms with Crippen LogP contribution in [0.5, 0.6) is 0 Å². The lowest BCUT2D eigenvalue weighted by molar-refractivity contribution is 0.138. The SMILES string of the molecule is COCC1CCN(c2nc3cccnc3nc2N2CCC(COC)CC2)CC1. The van der Waals surface area contributed by atoms with E-state index in [2.05, 4.69) is 14.8 Å². The number of aromatic nitrogens is 3. The Morgan fingerprint density at radius 3 is 1.93 bits per heavy atom. The van der Waals surface area contributed by atoms with Gasteiger partial charge in [-0.15, -0.1) is 0 Å². The van der Waals surface area contributed by atoms with E-state index in [1.165, 1.54) is 0 Å². The van der Waals surface area contributed by atoms with E-state index in [0.717, 1.165) is 87.9 Å². The van der Waals surface area contributed by atoms with E-state index >= 15 is 0 Å². The number of hydrogen-bond donors (Lipinski definition) is 0. The Labute approximate surface area is 167 Å². The molecule has 0 bridgehead atoms.